The zero-order valence-corrected chi connectivity index (χ0v) is 21.6. The predicted octanol–water partition coefficient (Wildman–Crippen LogP) is 7.22. The van der Waals surface area contributed by atoms with Crippen molar-refractivity contribution in [2.45, 2.75) is 99.3 Å². The summed E-state index contributed by atoms with van der Waals surface area (Å²) in [6.07, 6.45) is 16.5. The first-order chi connectivity index (χ1) is 14.9. The van der Waals surface area contributed by atoms with Crippen LogP contribution < -0.4 is 0 Å². The van der Waals surface area contributed by atoms with Crippen LogP contribution in [0.2, 0.25) is 0 Å². The van der Waals surface area contributed by atoms with Gasteiger partial charge in [-0.05, 0) is 103 Å². The van der Waals surface area contributed by atoms with Crippen LogP contribution in [0.3, 0.4) is 0 Å². The van der Waals surface area contributed by atoms with Gasteiger partial charge in [0.1, 0.15) is 0 Å². The molecule has 0 aromatic heterocycles. The first-order valence-electron chi connectivity index (χ1n) is 13.7. The summed E-state index contributed by atoms with van der Waals surface area (Å²) in [7, 11) is 0. The summed E-state index contributed by atoms with van der Waals surface area (Å²) >= 11 is 0. The van der Waals surface area contributed by atoms with E-state index in [-0.39, 0.29) is 16.7 Å². The highest BCUT2D eigenvalue weighted by Gasteiger charge is 2.74. The van der Waals surface area contributed by atoms with Crippen LogP contribution in [0.15, 0.2) is 12.2 Å². The molecule has 0 radical (unpaired) electrons. The Labute approximate surface area is 196 Å². The summed E-state index contributed by atoms with van der Waals surface area (Å²) in [6.45, 7) is 17.0. The molecule has 0 N–H and O–H groups in total. The molecule has 6 rings (SSSR count). The monoisotopic (exact) mass is 438 g/mol. The summed E-state index contributed by atoms with van der Waals surface area (Å²) in [5, 5.41) is 0. The lowest BCUT2D eigenvalue weighted by molar-refractivity contribution is -0.314. The number of carbonyl (C=O) groups excluding carboxylic acids is 1. The Balaban J connectivity index is 1.46. The van der Waals surface area contributed by atoms with E-state index in [4.69, 9.17) is 4.74 Å². The highest BCUT2D eigenvalue weighted by molar-refractivity contribution is 5.93. The van der Waals surface area contributed by atoms with E-state index in [9.17, 15) is 4.79 Å². The molecule has 1 heterocycles. The van der Waals surface area contributed by atoms with Gasteiger partial charge in [0.05, 0.1) is 13.2 Å². The Kier molecular flexibility index (Phi) is 4.32. The van der Waals surface area contributed by atoms with Crippen LogP contribution in [0, 0.1) is 56.2 Å². The van der Waals surface area contributed by atoms with Crippen LogP contribution in [0.1, 0.15) is 99.3 Å². The van der Waals surface area contributed by atoms with E-state index < -0.39 is 0 Å². The number of hydrogen-bond donors (Lipinski definition) is 0. The highest BCUT2D eigenvalue weighted by atomic mass is 16.5. The molecule has 2 heteroatoms. The minimum atomic E-state index is 0.105. The van der Waals surface area contributed by atoms with E-state index in [0.29, 0.717) is 33.4 Å². The van der Waals surface area contributed by atoms with Gasteiger partial charge < -0.3 is 4.74 Å². The molecule has 5 fully saturated rings. The number of hydrogen-bond acceptors (Lipinski definition) is 2. The van der Waals surface area contributed by atoms with Gasteiger partial charge in [0.25, 0.3) is 0 Å². The molecule has 9 atom stereocenters. The third kappa shape index (κ3) is 2.39. The lowest BCUT2D eigenvalue weighted by Crippen LogP contribution is -2.73. The number of allylic oxidation sites excluding steroid dienone is 2. The Bertz CT molecular complexity index is 872. The highest BCUT2D eigenvalue weighted by Crippen LogP contribution is 2.79. The summed E-state index contributed by atoms with van der Waals surface area (Å²) in [6, 6.07) is 0. The average molecular weight is 439 g/mol. The van der Waals surface area contributed by atoms with Gasteiger partial charge in [0, 0.05) is 16.7 Å². The van der Waals surface area contributed by atoms with Gasteiger partial charge in [-0.15, -0.1) is 0 Å². The second kappa shape index (κ2) is 6.32. The van der Waals surface area contributed by atoms with Crippen molar-refractivity contribution in [3.63, 3.8) is 0 Å². The SMILES string of the molecule is C[C@H]1C(=O)C=C[C@@H]2[C@]1(C)CC[C@H]1[C@@]23CC[C@@]2(C)[C@@H]4CC(C)(C)CC[C@]4(C)CC[C@@]12COC3. The van der Waals surface area contributed by atoms with Crippen molar-refractivity contribution < 1.29 is 9.53 Å². The lowest BCUT2D eigenvalue weighted by Gasteiger charge is -2.76. The van der Waals surface area contributed by atoms with Crippen LogP contribution in [-0.4, -0.2) is 19.0 Å². The minimum Gasteiger partial charge on any atom is -0.380 e. The maximum atomic E-state index is 12.7. The quantitative estimate of drug-likeness (QED) is 0.399. The van der Waals surface area contributed by atoms with Crippen LogP contribution in [-0.2, 0) is 9.53 Å². The molecular formula is C30H46O2. The minimum absolute atomic E-state index is 0.105. The van der Waals surface area contributed by atoms with E-state index in [0.717, 1.165) is 25.0 Å². The molecule has 1 saturated heterocycles. The van der Waals surface area contributed by atoms with Crippen LogP contribution >= 0.6 is 0 Å². The third-order valence-corrected chi connectivity index (χ3v) is 13.4. The van der Waals surface area contributed by atoms with Crippen molar-refractivity contribution in [3.05, 3.63) is 12.2 Å². The van der Waals surface area contributed by atoms with E-state index in [2.05, 4.69) is 47.6 Å². The van der Waals surface area contributed by atoms with Gasteiger partial charge in [-0.2, -0.15) is 0 Å². The average Bonchev–Trinajstić information content (AvgIpc) is 2.74. The zero-order valence-electron chi connectivity index (χ0n) is 21.6. The molecule has 0 unspecified atom stereocenters. The molecule has 2 nitrogen and oxygen atoms in total. The first-order valence-corrected chi connectivity index (χ1v) is 13.7. The van der Waals surface area contributed by atoms with Gasteiger partial charge in [-0.3, -0.25) is 4.79 Å². The fourth-order valence-electron chi connectivity index (χ4n) is 11.1. The number of carbonyl (C=O) groups is 1. The second-order valence-corrected chi connectivity index (χ2v) is 14.9. The topological polar surface area (TPSA) is 26.3 Å². The third-order valence-electron chi connectivity index (χ3n) is 13.4. The lowest BCUT2D eigenvalue weighted by atomic mass is 9.29. The number of rotatable bonds is 0. The van der Waals surface area contributed by atoms with Crippen molar-refractivity contribution in [3.8, 4) is 0 Å². The Hall–Kier alpha value is -0.630. The van der Waals surface area contributed by atoms with Gasteiger partial charge in [0.2, 0.25) is 0 Å². The van der Waals surface area contributed by atoms with Crippen molar-refractivity contribution in [1.82, 2.24) is 0 Å². The van der Waals surface area contributed by atoms with Crippen molar-refractivity contribution in [2.75, 3.05) is 13.2 Å². The summed E-state index contributed by atoms with van der Waals surface area (Å²) < 4.78 is 6.72. The van der Waals surface area contributed by atoms with Crippen LogP contribution in [0.4, 0.5) is 0 Å². The Morgan fingerprint density at radius 1 is 0.875 bits per heavy atom. The normalized spacial score (nSPS) is 58.2. The van der Waals surface area contributed by atoms with Crippen LogP contribution in [0.5, 0.6) is 0 Å². The molecule has 0 amide bonds. The van der Waals surface area contributed by atoms with E-state index >= 15 is 0 Å². The molecule has 2 bridgehead atoms. The van der Waals surface area contributed by atoms with Gasteiger partial charge in [0.15, 0.2) is 5.78 Å². The number of ketones is 1. The predicted molar refractivity (Wildman–Crippen MR) is 129 cm³/mol. The Morgan fingerprint density at radius 3 is 2.41 bits per heavy atom. The van der Waals surface area contributed by atoms with Crippen molar-refractivity contribution in [2.24, 2.45) is 56.2 Å². The van der Waals surface area contributed by atoms with Gasteiger partial charge in [-0.25, -0.2) is 0 Å². The zero-order chi connectivity index (χ0) is 22.8. The molecule has 1 spiro atoms. The molecular weight excluding hydrogens is 392 g/mol. The maximum Gasteiger partial charge on any atom is 0.158 e. The molecule has 0 aromatic carbocycles. The van der Waals surface area contributed by atoms with E-state index in [1.807, 2.05) is 6.08 Å². The first kappa shape index (κ1) is 21.9. The second-order valence-electron chi connectivity index (χ2n) is 14.9. The fourth-order valence-corrected chi connectivity index (χ4v) is 11.1. The number of ether oxygens (including phenoxy) is 1. The van der Waals surface area contributed by atoms with Crippen molar-refractivity contribution in [1.29, 1.82) is 0 Å². The fraction of sp³-hybridized carbons (Fsp3) is 0.900. The largest absolute Gasteiger partial charge is 0.380 e. The van der Waals surface area contributed by atoms with E-state index in [1.165, 1.54) is 57.8 Å². The van der Waals surface area contributed by atoms with Crippen LogP contribution in [0.25, 0.3) is 0 Å². The molecule has 1 aliphatic heterocycles. The van der Waals surface area contributed by atoms with Gasteiger partial charge in [-0.1, -0.05) is 47.6 Å². The molecule has 4 saturated carbocycles. The smallest absolute Gasteiger partial charge is 0.158 e. The van der Waals surface area contributed by atoms with Crippen molar-refractivity contribution >= 4 is 5.78 Å². The summed E-state index contributed by atoms with van der Waals surface area (Å²) in [5.41, 5.74) is 2.06. The number of fused-ring (bicyclic) bond motifs is 3. The Morgan fingerprint density at radius 2 is 1.62 bits per heavy atom. The molecule has 178 valence electrons. The van der Waals surface area contributed by atoms with E-state index in [1.54, 1.807) is 0 Å². The summed E-state index contributed by atoms with van der Waals surface area (Å²) in [5.74, 6) is 2.58. The maximum absolute atomic E-state index is 12.7. The summed E-state index contributed by atoms with van der Waals surface area (Å²) in [4.78, 5) is 12.7. The molecule has 0 aromatic rings. The standard InChI is InChI=1S/C30H46O2/c1-20-21(31)7-8-22-27(20,5)10-9-23-29(22)15-14-28(6)24-17-25(2,3)11-12-26(24,4)13-16-30(23,28)19-32-18-29/h7-8,20,22-24H,9-19H2,1-6H3/t20-,22+,23-,24+,26+,27+,28-,29+,30+/m0/s1. The molecule has 32 heavy (non-hydrogen) atoms. The van der Waals surface area contributed by atoms with Gasteiger partial charge >= 0.3 is 0 Å². The molecule has 5 aliphatic carbocycles. The molecule has 6 aliphatic rings.